The van der Waals surface area contributed by atoms with Gasteiger partial charge in [0.05, 0.1) is 12.5 Å². The van der Waals surface area contributed by atoms with E-state index in [0.29, 0.717) is 13.0 Å². The predicted molar refractivity (Wildman–Crippen MR) is 80.5 cm³/mol. The monoisotopic (exact) mass is 290 g/mol. The third-order valence-corrected chi connectivity index (χ3v) is 3.88. The van der Waals surface area contributed by atoms with E-state index in [9.17, 15) is 4.79 Å². The molecule has 3 rings (SSSR count). The Morgan fingerprint density at radius 1 is 1.33 bits per heavy atom. The number of fused-ring (bicyclic) bond motifs is 1. The van der Waals surface area contributed by atoms with Gasteiger partial charge in [-0.3, -0.25) is 4.79 Å². The molecule has 0 saturated carbocycles. The fraction of sp³-hybridized carbons (Fsp3) is 0.562. The standard InChI is InChI=1S/C16H22N2O3/c19-16(10-14-3-1-2-7-20-14)18-13-4-5-15-12(9-13)11-17-6-8-21-15/h4-5,9,14,17H,1-3,6-8,10-11H2,(H,18,19). The Morgan fingerprint density at radius 3 is 3.14 bits per heavy atom. The van der Waals surface area contributed by atoms with Crippen molar-refractivity contribution >= 4 is 11.6 Å². The van der Waals surface area contributed by atoms with Gasteiger partial charge in [-0.05, 0) is 37.5 Å². The molecule has 1 fully saturated rings. The van der Waals surface area contributed by atoms with Crippen LogP contribution >= 0.6 is 0 Å². The molecule has 1 aromatic carbocycles. The van der Waals surface area contributed by atoms with Crippen LogP contribution in [0.4, 0.5) is 5.69 Å². The first-order valence-electron chi connectivity index (χ1n) is 7.69. The Bertz CT molecular complexity index is 498. The summed E-state index contributed by atoms with van der Waals surface area (Å²) in [5.74, 6) is 0.915. The summed E-state index contributed by atoms with van der Waals surface area (Å²) in [5.41, 5.74) is 1.90. The first-order valence-corrected chi connectivity index (χ1v) is 7.69. The lowest BCUT2D eigenvalue weighted by Crippen LogP contribution is -2.25. The maximum Gasteiger partial charge on any atom is 0.226 e. The summed E-state index contributed by atoms with van der Waals surface area (Å²) in [5, 5.41) is 6.25. The molecule has 0 aliphatic carbocycles. The highest BCUT2D eigenvalue weighted by molar-refractivity contribution is 5.91. The molecule has 0 spiro atoms. The lowest BCUT2D eigenvalue weighted by atomic mass is 10.1. The van der Waals surface area contributed by atoms with E-state index >= 15 is 0 Å². The maximum absolute atomic E-state index is 12.1. The molecular formula is C16H22N2O3. The van der Waals surface area contributed by atoms with E-state index in [1.165, 1.54) is 0 Å². The minimum atomic E-state index is 0.0179. The lowest BCUT2D eigenvalue weighted by Gasteiger charge is -2.22. The Morgan fingerprint density at radius 2 is 2.29 bits per heavy atom. The number of hydrogen-bond donors (Lipinski definition) is 2. The van der Waals surface area contributed by atoms with Crippen LogP contribution in [-0.4, -0.2) is 31.8 Å². The van der Waals surface area contributed by atoms with Gasteiger partial charge < -0.3 is 20.1 Å². The number of nitrogens with one attached hydrogen (secondary N) is 2. The molecule has 1 saturated heterocycles. The number of hydrogen-bond acceptors (Lipinski definition) is 4. The molecule has 114 valence electrons. The van der Waals surface area contributed by atoms with Crippen molar-refractivity contribution in [2.24, 2.45) is 0 Å². The zero-order valence-electron chi connectivity index (χ0n) is 12.2. The van der Waals surface area contributed by atoms with E-state index in [0.717, 1.165) is 56.0 Å². The molecule has 2 aliphatic heterocycles. The topological polar surface area (TPSA) is 59.6 Å². The summed E-state index contributed by atoms with van der Waals surface area (Å²) in [6, 6.07) is 5.80. The SMILES string of the molecule is O=C(CC1CCCCO1)Nc1ccc2c(c1)CNCCO2. The van der Waals surface area contributed by atoms with Gasteiger partial charge in [-0.1, -0.05) is 0 Å². The second-order valence-corrected chi connectivity index (χ2v) is 5.59. The summed E-state index contributed by atoms with van der Waals surface area (Å²) < 4.78 is 11.2. The molecule has 5 heteroatoms. The van der Waals surface area contributed by atoms with Gasteiger partial charge in [-0.25, -0.2) is 0 Å². The number of rotatable bonds is 3. The van der Waals surface area contributed by atoms with Gasteiger partial charge in [-0.15, -0.1) is 0 Å². The summed E-state index contributed by atoms with van der Waals surface area (Å²) in [7, 11) is 0. The van der Waals surface area contributed by atoms with E-state index in [2.05, 4.69) is 10.6 Å². The van der Waals surface area contributed by atoms with Gasteiger partial charge in [0.15, 0.2) is 0 Å². The number of amides is 1. The van der Waals surface area contributed by atoms with Crippen LogP contribution in [0.5, 0.6) is 5.75 Å². The van der Waals surface area contributed by atoms with Crippen LogP contribution in [0.25, 0.3) is 0 Å². The molecule has 1 amide bonds. The third kappa shape index (κ3) is 3.95. The van der Waals surface area contributed by atoms with Crippen molar-refractivity contribution in [2.45, 2.75) is 38.3 Å². The number of carbonyl (C=O) groups is 1. The Kier molecular flexibility index (Phi) is 4.72. The highest BCUT2D eigenvalue weighted by Gasteiger charge is 2.18. The average molecular weight is 290 g/mol. The predicted octanol–water partition coefficient (Wildman–Crippen LogP) is 2.07. The molecule has 1 aromatic rings. The number of carbonyl (C=O) groups excluding carboxylic acids is 1. The summed E-state index contributed by atoms with van der Waals surface area (Å²) >= 11 is 0. The zero-order chi connectivity index (χ0) is 14.5. The molecule has 0 bridgehead atoms. The van der Waals surface area contributed by atoms with Crippen LogP contribution in [0.1, 0.15) is 31.2 Å². The van der Waals surface area contributed by atoms with E-state index in [4.69, 9.17) is 9.47 Å². The molecule has 1 unspecified atom stereocenters. The van der Waals surface area contributed by atoms with Crippen LogP contribution in [-0.2, 0) is 16.1 Å². The molecule has 0 aromatic heterocycles. The van der Waals surface area contributed by atoms with E-state index in [1.807, 2.05) is 18.2 Å². The van der Waals surface area contributed by atoms with Crippen LogP contribution in [0.15, 0.2) is 18.2 Å². The van der Waals surface area contributed by atoms with Crippen LogP contribution in [0.3, 0.4) is 0 Å². The third-order valence-electron chi connectivity index (χ3n) is 3.88. The maximum atomic E-state index is 12.1. The van der Waals surface area contributed by atoms with Gasteiger partial charge in [0, 0.05) is 30.9 Å². The molecule has 1 atom stereocenters. The second-order valence-electron chi connectivity index (χ2n) is 5.59. The van der Waals surface area contributed by atoms with Crippen LogP contribution < -0.4 is 15.4 Å². The van der Waals surface area contributed by atoms with Crippen molar-refractivity contribution in [1.29, 1.82) is 0 Å². The van der Waals surface area contributed by atoms with Gasteiger partial charge >= 0.3 is 0 Å². The van der Waals surface area contributed by atoms with Gasteiger partial charge in [0.2, 0.25) is 5.91 Å². The van der Waals surface area contributed by atoms with Crippen LogP contribution in [0, 0.1) is 0 Å². The van der Waals surface area contributed by atoms with E-state index in [-0.39, 0.29) is 12.0 Å². The van der Waals surface area contributed by atoms with E-state index in [1.54, 1.807) is 0 Å². The van der Waals surface area contributed by atoms with Crippen molar-refractivity contribution in [3.63, 3.8) is 0 Å². The summed E-state index contributed by atoms with van der Waals surface area (Å²) in [4.78, 5) is 12.1. The fourth-order valence-electron chi connectivity index (χ4n) is 2.78. The molecular weight excluding hydrogens is 268 g/mol. The van der Waals surface area contributed by atoms with Gasteiger partial charge in [-0.2, -0.15) is 0 Å². The number of benzene rings is 1. The fourth-order valence-corrected chi connectivity index (χ4v) is 2.78. The largest absolute Gasteiger partial charge is 0.492 e. The Hall–Kier alpha value is -1.59. The lowest BCUT2D eigenvalue weighted by molar-refractivity contribution is -0.119. The molecule has 2 heterocycles. The van der Waals surface area contributed by atoms with Crippen molar-refractivity contribution in [3.8, 4) is 5.75 Å². The first kappa shape index (κ1) is 14.4. The quantitative estimate of drug-likeness (QED) is 0.894. The highest BCUT2D eigenvalue weighted by atomic mass is 16.5. The molecule has 5 nitrogen and oxygen atoms in total. The number of ether oxygens (including phenoxy) is 2. The van der Waals surface area contributed by atoms with Crippen molar-refractivity contribution in [2.75, 3.05) is 25.1 Å². The molecule has 2 aliphatic rings. The smallest absolute Gasteiger partial charge is 0.226 e. The molecule has 2 N–H and O–H groups in total. The van der Waals surface area contributed by atoms with E-state index < -0.39 is 0 Å². The highest BCUT2D eigenvalue weighted by Crippen LogP contribution is 2.24. The van der Waals surface area contributed by atoms with Crippen molar-refractivity contribution < 1.29 is 14.3 Å². The van der Waals surface area contributed by atoms with Gasteiger partial charge in [0.1, 0.15) is 12.4 Å². The summed E-state index contributed by atoms with van der Waals surface area (Å²) in [6.45, 7) is 3.07. The van der Waals surface area contributed by atoms with Crippen molar-refractivity contribution in [3.05, 3.63) is 23.8 Å². The number of anilines is 1. The molecule has 0 radical (unpaired) electrons. The Labute approximate surface area is 125 Å². The first-order chi connectivity index (χ1) is 10.3. The normalized spacial score (nSPS) is 21.8. The zero-order valence-corrected chi connectivity index (χ0v) is 12.2. The summed E-state index contributed by atoms with van der Waals surface area (Å²) in [6.07, 6.45) is 3.75. The van der Waals surface area contributed by atoms with Gasteiger partial charge in [0.25, 0.3) is 0 Å². The molecule has 21 heavy (non-hydrogen) atoms. The van der Waals surface area contributed by atoms with Crippen LogP contribution in [0.2, 0.25) is 0 Å². The average Bonchev–Trinajstić information content (AvgIpc) is 2.73. The van der Waals surface area contributed by atoms with Crippen molar-refractivity contribution in [1.82, 2.24) is 5.32 Å². The Balaban J connectivity index is 1.59. The minimum absolute atomic E-state index is 0.0179. The second kappa shape index (κ2) is 6.91. The minimum Gasteiger partial charge on any atom is -0.492 e.